The lowest BCUT2D eigenvalue weighted by Gasteiger charge is -2.38. The third-order valence-electron chi connectivity index (χ3n) is 5.67. The lowest BCUT2D eigenvalue weighted by atomic mass is 10.1. The van der Waals surface area contributed by atoms with Crippen LogP contribution in [0.15, 0.2) is 73.3 Å². The first-order valence-electron chi connectivity index (χ1n) is 9.99. The number of pyridine rings is 3. The van der Waals surface area contributed by atoms with E-state index in [4.69, 9.17) is 4.98 Å². The van der Waals surface area contributed by atoms with Crippen LogP contribution in [0.25, 0.3) is 16.9 Å². The number of imidazole rings is 1. The molecule has 1 aliphatic heterocycles. The third kappa shape index (κ3) is 3.64. The van der Waals surface area contributed by atoms with Crippen molar-refractivity contribution in [3.63, 3.8) is 0 Å². The molecule has 5 rings (SSSR count). The van der Waals surface area contributed by atoms with Crippen LogP contribution in [0.1, 0.15) is 17.4 Å². The minimum absolute atomic E-state index is 0.262. The lowest BCUT2D eigenvalue weighted by Crippen LogP contribution is -2.46. The van der Waals surface area contributed by atoms with Crippen LogP contribution in [-0.4, -0.2) is 55.8 Å². The highest BCUT2D eigenvalue weighted by Gasteiger charge is 2.28. The molecule has 0 amide bonds. The number of fused-ring (bicyclic) bond motifs is 1. The van der Waals surface area contributed by atoms with Gasteiger partial charge in [0.15, 0.2) is 0 Å². The predicted molar refractivity (Wildman–Crippen MR) is 113 cm³/mol. The second-order valence-corrected chi connectivity index (χ2v) is 7.59. The van der Waals surface area contributed by atoms with Crippen molar-refractivity contribution in [2.24, 2.45) is 0 Å². The number of hydrogen-bond acceptors (Lipinski definition) is 5. The Kier molecular flexibility index (Phi) is 4.79. The molecule has 1 atom stereocenters. The summed E-state index contributed by atoms with van der Waals surface area (Å²) in [5.74, 6) is 0. The molecule has 4 aromatic heterocycles. The van der Waals surface area contributed by atoms with Gasteiger partial charge in [0.05, 0.1) is 23.1 Å². The van der Waals surface area contributed by atoms with Crippen LogP contribution in [0, 0.1) is 0 Å². The van der Waals surface area contributed by atoms with E-state index in [0.717, 1.165) is 54.5 Å². The first kappa shape index (κ1) is 18.0. The molecule has 1 aliphatic rings. The third-order valence-corrected chi connectivity index (χ3v) is 5.67. The zero-order valence-corrected chi connectivity index (χ0v) is 16.5. The predicted octanol–water partition coefficient (Wildman–Crippen LogP) is 3.28. The van der Waals surface area contributed by atoms with Crippen molar-refractivity contribution in [3.05, 3.63) is 84.7 Å². The van der Waals surface area contributed by atoms with E-state index in [-0.39, 0.29) is 6.04 Å². The summed E-state index contributed by atoms with van der Waals surface area (Å²) < 4.78 is 2.19. The van der Waals surface area contributed by atoms with Crippen LogP contribution in [0.3, 0.4) is 0 Å². The molecule has 6 heteroatoms. The Bertz CT molecular complexity index is 1090. The summed E-state index contributed by atoms with van der Waals surface area (Å²) in [4.78, 5) is 18.5. The van der Waals surface area contributed by atoms with Gasteiger partial charge in [-0.05, 0) is 43.4 Å². The lowest BCUT2D eigenvalue weighted by molar-refractivity contribution is 0.0877. The topological polar surface area (TPSA) is 49.6 Å². The van der Waals surface area contributed by atoms with Crippen LogP contribution in [-0.2, 0) is 6.54 Å². The molecule has 0 radical (unpaired) electrons. The van der Waals surface area contributed by atoms with Gasteiger partial charge >= 0.3 is 0 Å². The van der Waals surface area contributed by atoms with Gasteiger partial charge in [0.2, 0.25) is 0 Å². The Labute approximate surface area is 170 Å². The summed E-state index contributed by atoms with van der Waals surface area (Å²) in [6.07, 6.45) is 7.72. The van der Waals surface area contributed by atoms with Crippen molar-refractivity contribution in [1.29, 1.82) is 0 Å². The molecule has 29 heavy (non-hydrogen) atoms. The molecule has 4 aromatic rings. The average Bonchev–Trinajstić information content (AvgIpc) is 3.20. The Hall–Kier alpha value is -3.09. The van der Waals surface area contributed by atoms with Gasteiger partial charge in [-0.15, -0.1) is 0 Å². The van der Waals surface area contributed by atoms with Gasteiger partial charge in [-0.3, -0.25) is 24.2 Å². The van der Waals surface area contributed by atoms with E-state index in [1.54, 1.807) is 0 Å². The summed E-state index contributed by atoms with van der Waals surface area (Å²) in [7, 11) is 2.19. The quantitative estimate of drug-likeness (QED) is 0.540. The van der Waals surface area contributed by atoms with Gasteiger partial charge < -0.3 is 0 Å². The summed E-state index contributed by atoms with van der Waals surface area (Å²) in [6.45, 7) is 3.88. The molecule has 0 spiro atoms. The SMILES string of the molecule is CN1CCN(Cc2ccccn2)C[C@H]1c1cn2c(-c3ccncc3)cccc2n1. The Morgan fingerprint density at radius 1 is 0.966 bits per heavy atom. The fraction of sp³-hybridized carbons (Fsp3) is 0.261. The Morgan fingerprint density at radius 2 is 1.86 bits per heavy atom. The molecule has 0 N–H and O–H groups in total. The fourth-order valence-electron chi connectivity index (χ4n) is 4.06. The Balaban J connectivity index is 1.45. The van der Waals surface area contributed by atoms with E-state index in [1.165, 1.54) is 0 Å². The van der Waals surface area contributed by atoms with E-state index in [1.807, 2.05) is 36.8 Å². The number of hydrogen-bond donors (Lipinski definition) is 0. The van der Waals surface area contributed by atoms with Crippen molar-refractivity contribution in [2.75, 3.05) is 26.7 Å². The largest absolute Gasteiger partial charge is 0.299 e. The van der Waals surface area contributed by atoms with Crippen LogP contribution >= 0.6 is 0 Å². The number of rotatable bonds is 4. The van der Waals surface area contributed by atoms with Crippen LogP contribution in [0.4, 0.5) is 0 Å². The second-order valence-electron chi connectivity index (χ2n) is 7.59. The molecule has 6 nitrogen and oxygen atoms in total. The van der Waals surface area contributed by atoms with Crippen LogP contribution in [0.2, 0.25) is 0 Å². The zero-order valence-electron chi connectivity index (χ0n) is 16.5. The molecule has 0 bridgehead atoms. The first-order chi connectivity index (χ1) is 14.3. The molecule has 0 saturated carbocycles. The van der Waals surface area contributed by atoms with Crippen molar-refractivity contribution >= 4 is 5.65 Å². The standard InChI is InChI=1S/C23H24N6/c1-27-13-14-28(15-19-5-2-3-10-25-19)17-22(27)20-16-29-21(6-4-7-23(29)26-20)18-8-11-24-12-9-18/h2-12,16,22H,13-15,17H2,1H3/t22-/m0/s1. The van der Waals surface area contributed by atoms with Crippen LogP contribution in [0.5, 0.6) is 0 Å². The van der Waals surface area contributed by atoms with Crippen molar-refractivity contribution < 1.29 is 0 Å². The van der Waals surface area contributed by atoms with Gasteiger partial charge in [-0.1, -0.05) is 12.1 Å². The highest BCUT2D eigenvalue weighted by Crippen LogP contribution is 2.27. The maximum atomic E-state index is 4.98. The maximum absolute atomic E-state index is 4.98. The van der Waals surface area contributed by atoms with Crippen molar-refractivity contribution in [3.8, 4) is 11.3 Å². The summed E-state index contributed by atoms with van der Waals surface area (Å²) in [5.41, 5.74) is 5.48. The highest BCUT2D eigenvalue weighted by atomic mass is 15.3. The van der Waals surface area contributed by atoms with Gasteiger partial charge in [-0.25, -0.2) is 4.98 Å². The van der Waals surface area contributed by atoms with E-state index < -0.39 is 0 Å². The van der Waals surface area contributed by atoms with Crippen molar-refractivity contribution in [2.45, 2.75) is 12.6 Å². The molecule has 0 aliphatic carbocycles. The van der Waals surface area contributed by atoms with Crippen LogP contribution < -0.4 is 0 Å². The van der Waals surface area contributed by atoms with Gasteiger partial charge in [-0.2, -0.15) is 0 Å². The van der Waals surface area contributed by atoms with E-state index >= 15 is 0 Å². The van der Waals surface area contributed by atoms with Gasteiger partial charge in [0.1, 0.15) is 5.65 Å². The summed E-state index contributed by atoms with van der Waals surface area (Å²) in [6, 6.07) is 16.7. The second kappa shape index (κ2) is 7.73. The molecule has 1 saturated heterocycles. The molecule has 0 unspecified atom stereocenters. The number of piperazine rings is 1. The van der Waals surface area contributed by atoms with E-state index in [9.17, 15) is 0 Å². The minimum Gasteiger partial charge on any atom is -0.299 e. The average molecular weight is 384 g/mol. The van der Waals surface area contributed by atoms with Gasteiger partial charge in [0.25, 0.3) is 0 Å². The Morgan fingerprint density at radius 3 is 2.69 bits per heavy atom. The molecular formula is C23H24N6. The van der Waals surface area contributed by atoms with Crippen molar-refractivity contribution in [1.82, 2.24) is 29.2 Å². The smallest absolute Gasteiger partial charge is 0.137 e. The fourth-order valence-corrected chi connectivity index (χ4v) is 4.06. The zero-order chi connectivity index (χ0) is 19.6. The van der Waals surface area contributed by atoms with E-state index in [2.05, 4.69) is 67.7 Å². The number of aromatic nitrogens is 4. The van der Waals surface area contributed by atoms with E-state index in [0.29, 0.717) is 0 Å². The molecular weight excluding hydrogens is 360 g/mol. The molecule has 5 heterocycles. The van der Waals surface area contributed by atoms with Gasteiger partial charge in [0, 0.05) is 56.5 Å². The molecule has 1 fully saturated rings. The monoisotopic (exact) mass is 384 g/mol. The number of likely N-dealkylation sites (N-methyl/N-ethyl adjacent to an activating group) is 1. The minimum atomic E-state index is 0.262. The number of nitrogens with zero attached hydrogens (tertiary/aromatic N) is 6. The normalized spacial score (nSPS) is 18.3. The summed E-state index contributed by atoms with van der Waals surface area (Å²) >= 11 is 0. The first-order valence-corrected chi connectivity index (χ1v) is 9.99. The maximum Gasteiger partial charge on any atom is 0.137 e. The highest BCUT2D eigenvalue weighted by molar-refractivity contribution is 5.63. The molecule has 0 aromatic carbocycles. The molecule has 146 valence electrons. The summed E-state index contributed by atoms with van der Waals surface area (Å²) in [5, 5.41) is 0.